The summed E-state index contributed by atoms with van der Waals surface area (Å²) in [4.78, 5) is 4.66. The van der Waals surface area contributed by atoms with Crippen LogP contribution in [0.25, 0.3) is 55.6 Å². The van der Waals surface area contributed by atoms with Crippen molar-refractivity contribution in [2.24, 2.45) is 0 Å². The third-order valence-electron chi connectivity index (χ3n) is 6.17. The second-order valence-corrected chi connectivity index (χ2v) is 8.35. The molecular formula is C30H18F3NO. The number of hydrogen-bond donors (Lipinski definition) is 0. The molecule has 0 bridgehead atoms. The van der Waals surface area contributed by atoms with Gasteiger partial charge < -0.3 is 4.42 Å². The minimum atomic E-state index is -4.37. The molecule has 0 N–H and O–H groups in total. The highest BCUT2D eigenvalue weighted by Crippen LogP contribution is 2.37. The lowest BCUT2D eigenvalue weighted by molar-refractivity contribution is -0.137. The molecule has 0 spiro atoms. The zero-order valence-corrected chi connectivity index (χ0v) is 18.4. The van der Waals surface area contributed by atoms with Crippen LogP contribution in [0.15, 0.2) is 114 Å². The number of hydrogen-bond acceptors (Lipinski definition) is 2. The summed E-state index contributed by atoms with van der Waals surface area (Å²) in [6.45, 7) is 0. The standard InChI is InChI=1S/C30H18F3NO/c31-30(32,33)22-7-5-6-21(18-22)19-12-14-20(15-13-19)23-16-17-26(25-9-2-1-8-24(23)25)29-34-27-10-3-4-11-28(27)35-29/h1-18H. The Morgan fingerprint density at radius 3 is 1.97 bits per heavy atom. The number of oxazole rings is 1. The molecule has 0 saturated carbocycles. The molecule has 5 heteroatoms. The van der Waals surface area contributed by atoms with E-state index in [1.807, 2.05) is 78.9 Å². The summed E-state index contributed by atoms with van der Waals surface area (Å²) in [5.41, 5.74) is 5.05. The quantitative estimate of drug-likeness (QED) is 0.261. The van der Waals surface area contributed by atoms with E-state index in [2.05, 4.69) is 11.1 Å². The van der Waals surface area contributed by atoms with Gasteiger partial charge in [-0.2, -0.15) is 13.2 Å². The van der Waals surface area contributed by atoms with Crippen molar-refractivity contribution in [3.05, 3.63) is 115 Å². The normalized spacial score (nSPS) is 11.9. The van der Waals surface area contributed by atoms with Crippen molar-refractivity contribution in [3.8, 4) is 33.7 Å². The zero-order valence-electron chi connectivity index (χ0n) is 18.4. The van der Waals surface area contributed by atoms with Crippen LogP contribution in [-0.2, 0) is 6.18 Å². The third-order valence-corrected chi connectivity index (χ3v) is 6.17. The first kappa shape index (κ1) is 21.2. The maximum Gasteiger partial charge on any atom is 0.416 e. The van der Waals surface area contributed by atoms with Gasteiger partial charge in [0.25, 0.3) is 0 Å². The van der Waals surface area contributed by atoms with Crippen LogP contribution >= 0.6 is 0 Å². The largest absolute Gasteiger partial charge is 0.436 e. The lowest BCUT2D eigenvalue weighted by atomic mass is 9.93. The average Bonchev–Trinajstić information content (AvgIpc) is 3.32. The number of aromatic nitrogens is 1. The molecule has 35 heavy (non-hydrogen) atoms. The van der Waals surface area contributed by atoms with Crippen LogP contribution in [0.1, 0.15) is 5.56 Å². The molecule has 0 aliphatic heterocycles. The Balaban J connectivity index is 1.41. The first-order valence-electron chi connectivity index (χ1n) is 11.1. The van der Waals surface area contributed by atoms with E-state index in [-0.39, 0.29) is 0 Å². The van der Waals surface area contributed by atoms with Gasteiger partial charge in [0.1, 0.15) is 5.52 Å². The molecular weight excluding hydrogens is 447 g/mol. The lowest BCUT2D eigenvalue weighted by Crippen LogP contribution is -2.04. The minimum Gasteiger partial charge on any atom is -0.436 e. The van der Waals surface area contributed by atoms with Crippen molar-refractivity contribution in [2.45, 2.75) is 6.18 Å². The van der Waals surface area contributed by atoms with Gasteiger partial charge in [-0.3, -0.25) is 0 Å². The zero-order chi connectivity index (χ0) is 24.0. The molecule has 5 aromatic carbocycles. The number of halogens is 3. The highest BCUT2D eigenvalue weighted by molar-refractivity contribution is 6.04. The molecule has 2 nitrogen and oxygen atoms in total. The Morgan fingerprint density at radius 2 is 1.23 bits per heavy atom. The van der Waals surface area contributed by atoms with Gasteiger partial charge in [-0.15, -0.1) is 0 Å². The average molecular weight is 465 g/mol. The first-order chi connectivity index (χ1) is 17.0. The first-order valence-corrected chi connectivity index (χ1v) is 11.1. The van der Waals surface area contributed by atoms with Crippen molar-refractivity contribution < 1.29 is 17.6 Å². The van der Waals surface area contributed by atoms with Crippen LogP contribution in [0.3, 0.4) is 0 Å². The highest BCUT2D eigenvalue weighted by atomic mass is 19.4. The van der Waals surface area contributed by atoms with Crippen LogP contribution in [0.2, 0.25) is 0 Å². The SMILES string of the molecule is FC(F)(F)c1cccc(-c2ccc(-c3ccc(-c4nc5ccccc5o4)c4ccccc34)cc2)c1. The molecule has 0 radical (unpaired) electrons. The van der Waals surface area contributed by atoms with Crippen LogP contribution in [0.5, 0.6) is 0 Å². The van der Waals surface area contributed by atoms with Gasteiger partial charge in [-0.05, 0) is 63.4 Å². The van der Waals surface area contributed by atoms with E-state index in [9.17, 15) is 13.2 Å². The molecule has 0 aliphatic rings. The molecule has 6 rings (SSSR count). The number of nitrogens with zero attached hydrogens (tertiary/aromatic N) is 1. The van der Waals surface area contributed by atoms with Gasteiger partial charge >= 0.3 is 6.18 Å². The molecule has 0 amide bonds. The fraction of sp³-hybridized carbons (Fsp3) is 0.0333. The Hall–Kier alpha value is -4.38. The van der Waals surface area contributed by atoms with E-state index in [0.717, 1.165) is 50.2 Å². The van der Waals surface area contributed by atoms with Gasteiger partial charge in [0.15, 0.2) is 5.58 Å². The van der Waals surface area contributed by atoms with E-state index in [1.165, 1.54) is 12.1 Å². The maximum atomic E-state index is 13.1. The number of benzene rings is 5. The maximum absolute atomic E-state index is 13.1. The van der Waals surface area contributed by atoms with Crippen LogP contribution in [0, 0.1) is 0 Å². The predicted octanol–water partition coefficient (Wildman–Crippen LogP) is 9.00. The van der Waals surface area contributed by atoms with E-state index in [1.54, 1.807) is 6.07 Å². The Morgan fingerprint density at radius 1 is 0.571 bits per heavy atom. The van der Waals surface area contributed by atoms with E-state index in [4.69, 9.17) is 4.42 Å². The lowest BCUT2D eigenvalue weighted by Gasteiger charge is -2.12. The Bertz CT molecular complexity index is 1650. The number of fused-ring (bicyclic) bond motifs is 2. The van der Waals surface area contributed by atoms with Crippen molar-refractivity contribution >= 4 is 21.9 Å². The van der Waals surface area contributed by atoms with Crippen molar-refractivity contribution in [1.29, 1.82) is 0 Å². The molecule has 170 valence electrons. The number of rotatable bonds is 3. The summed E-state index contributed by atoms with van der Waals surface area (Å²) in [6.07, 6.45) is -4.37. The van der Waals surface area contributed by atoms with E-state index in [0.29, 0.717) is 11.5 Å². The fourth-order valence-corrected chi connectivity index (χ4v) is 4.44. The second kappa shape index (κ2) is 8.13. The summed E-state index contributed by atoms with van der Waals surface area (Å²) in [7, 11) is 0. The number of para-hydroxylation sites is 2. The van der Waals surface area contributed by atoms with Crippen LogP contribution in [-0.4, -0.2) is 4.98 Å². The summed E-state index contributed by atoms with van der Waals surface area (Å²) in [5, 5.41) is 2.05. The van der Waals surface area contributed by atoms with Gasteiger partial charge in [-0.1, -0.05) is 78.9 Å². The predicted molar refractivity (Wildman–Crippen MR) is 133 cm³/mol. The fourth-order valence-electron chi connectivity index (χ4n) is 4.44. The molecule has 0 saturated heterocycles. The third kappa shape index (κ3) is 3.85. The molecule has 1 heterocycles. The summed E-state index contributed by atoms with van der Waals surface area (Å²) in [5.74, 6) is 0.564. The molecule has 0 fully saturated rings. The van der Waals surface area contributed by atoms with Gasteiger partial charge in [0, 0.05) is 5.56 Å². The molecule has 6 aromatic rings. The molecule has 1 aromatic heterocycles. The monoisotopic (exact) mass is 465 g/mol. The molecule has 0 unspecified atom stereocenters. The van der Waals surface area contributed by atoms with Crippen molar-refractivity contribution in [1.82, 2.24) is 4.98 Å². The Labute approximate surface area is 199 Å². The van der Waals surface area contributed by atoms with E-state index < -0.39 is 11.7 Å². The summed E-state index contributed by atoms with van der Waals surface area (Å²) >= 11 is 0. The molecule has 0 aliphatic carbocycles. The van der Waals surface area contributed by atoms with Crippen molar-refractivity contribution in [3.63, 3.8) is 0 Å². The van der Waals surface area contributed by atoms with Gasteiger partial charge in [0.2, 0.25) is 5.89 Å². The summed E-state index contributed by atoms with van der Waals surface area (Å²) in [6, 6.07) is 32.7. The van der Waals surface area contributed by atoms with Crippen molar-refractivity contribution in [2.75, 3.05) is 0 Å². The van der Waals surface area contributed by atoms with Gasteiger partial charge in [-0.25, -0.2) is 4.98 Å². The van der Waals surface area contributed by atoms with Gasteiger partial charge in [0.05, 0.1) is 5.56 Å². The molecule has 0 atom stereocenters. The van der Waals surface area contributed by atoms with E-state index >= 15 is 0 Å². The minimum absolute atomic E-state index is 0.530. The smallest absolute Gasteiger partial charge is 0.416 e. The highest BCUT2D eigenvalue weighted by Gasteiger charge is 2.30. The summed E-state index contributed by atoms with van der Waals surface area (Å²) < 4.78 is 45.4. The van der Waals surface area contributed by atoms with Crippen LogP contribution < -0.4 is 0 Å². The topological polar surface area (TPSA) is 26.0 Å². The Kier molecular flexibility index (Phi) is 4.92. The number of alkyl halides is 3. The second-order valence-electron chi connectivity index (χ2n) is 8.35. The van der Waals surface area contributed by atoms with Crippen LogP contribution in [0.4, 0.5) is 13.2 Å².